The van der Waals surface area contributed by atoms with Crippen LogP contribution >= 0.6 is 0 Å². The maximum atomic E-state index is 5.67. The van der Waals surface area contributed by atoms with Crippen LogP contribution in [0.1, 0.15) is 38.2 Å². The molecular formula is C20H31N3O2. The highest BCUT2D eigenvalue weighted by Crippen LogP contribution is 2.36. The smallest absolute Gasteiger partial charge is 0.193 e. The zero-order valence-electron chi connectivity index (χ0n) is 15.8. The normalized spacial score (nSPS) is 23.3. The van der Waals surface area contributed by atoms with Crippen LogP contribution < -0.4 is 14.8 Å². The van der Waals surface area contributed by atoms with Gasteiger partial charge in [0.05, 0.1) is 13.7 Å². The molecular weight excluding hydrogens is 314 g/mol. The number of likely N-dealkylation sites (tertiary alicyclic amines) is 1. The van der Waals surface area contributed by atoms with E-state index in [9.17, 15) is 0 Å². The number of benzene rings is 1. The summed E-state index contributed by atoms with van der Waals surface area (Å²) in [5.74, 6) is 4.31. The number of guanidine groups is 1. The summed E-state index contributed by atoms with van der Waals surface area (Å²) >= 11 is 0. The van der Waals surface area contributed by atoms with Gasteiger partial charge in [0.15, 0.2) is 17.5 Å². The molecule has 1 heterocycles. The van der Waals surface area contributed by atoms with Gasteiger partial charge in [-0.05, 0) is 49.3 Å². The molecule has 1 aliphatic heterocycles. The fourth-order valence-electron chi connectivity index (χ4n) is 4.19. The number of nitrogens with zero attached hydrogens (tertiary/aromatic N) is 2. The third-order valence-electron chi connectivity index (χ3n) is 5.47. The van der Waals surface area contributed by atoms with Gasteiger partial charge in [0, 0.05) is 26.7 Å². The Bertz CT molecular complexity index is 589. The molecule has 0 radical (unpaired) electrons. The molecule has 1 saturated heterocycles. The molecule has 0 spiro atoms. The average Bonchev–Trinajstić information content (AvgIpc) is 3.06. The number of fused-ring (bicyclic) bond motifs is 1. The van der Waals surface area contributed by atoms with Crippen LogP contribution in [0.4, 0.5) is 0 Å². The molecule has 1 saturated carbocycles. The second kappa shape index (κ2) is 8.45. The van der Waals surface area contributed by atoms with Crippen molar-refractivity contribution in [2.24, 2.45) is 16.8 Å². The predicted molar refractivity (Wildman–Crippen MR) is 101 cm³/mol. The topological polar surface area (TPSA) is 46.1 Å². The SMILES string of the molecule is CCOc1cc(CNC(=NC)N2CC3CCCCC3C2)ccc1OC. The Labute approximate surface area is 151 Å². The molecule has 1 aromatic rings. The molecule has 2 aliphatic rings. The van der Waals surface area contributed by atoms with Crippen molar-refractivity contribution in [3.63, 3.8) is 0 Å². The molecule has 5 heteroatoms. The monoisotopic (exact) mass is 345 g/mol. The van der Waals surface area contributed by atoms with Gasteiger partial charge in [-0.3, -0.25) is 4.99 Å². The van der Waals surface area contributed by atoms with Crippen LogP contribution in [-0.2, 0) is 6.54 Å². The predicted octanol–water partition coefficient (Wildman–Crippen LogP) is 3.29. The molecule has 1 N–H and O–H groups in total. The Morgan fingerprint density at radius 2 is 1.92 bits per heavy atom. The summed E-state index contributed by atoms with van der Waals surface area (Å²) in [6.45, 7) is 5.65. The first-order chi connectivity index (χ1) is 12.2. The number of rotatable bonds is 5. The van der Waals surface area contributed by atoms with Gasteiger partial charge in [0.2, 0.25) is 0 Å². The van der Waals surface area contributed by atoms with Crippen LogP contribution in [0, 0.1) is 11.8 Å². The van der Waals surface area contributed by atoms with Gasteiger partial charge in [0.1, 0.15) is 0 Å². The van der Waals surface area contributed by atoms with Gasteiger partial charge in [0.25, 0.3) is 0 Å². The Kier molecular flexibility index (Phi) is 6.05. The lowest BCUT2D eigenvalue weighted by Crippen LogP contribution is -2.39. The van der Waals surface area contributed by atoms with Crippen LogP contribution in [-0.4, -0.2) is 44.7 Å². The third-order valence-corrected chi connectivity index (χ3v) is 5.47. The van der Waals surface area contributed by atoms with Crippen LogP contribution in [0.25, 0.3) is 0 Å². The zero-order chi connectivity index (χ0) is 17.6. The second-order valence-electron chi connectivity index (χ2n) is 7.03. The average molecular weight is 345 g/mol. The number of aliphatic imine (C=N–C) groups is 1. The van der Waals surface area contributed by atoms with Crippen molar-refractivity contribution in [1.82, 2.24) is 10.2 Å². The van der Waals surface area contributed by atoms with E-state index in [1.54, 1.807) is 7.11 Å². The van der Waals surface area contributed by atoms with E-state index >= 15 is 0 Å². The summed E-state index contributed by atoms with van der Waals surface area (Å²) in [7, 11) is 3.55. The summed E-state index contributed by atoms with van der Waals surface area (Å²) < 4.78 is 11.0. The van der Waals surface area contributed by atoms with Crippen molar-refractivity contribution in [3.05, 3.63) is 23.8 Å². The molecule has 2 unspecified atom stereocenters. The minimum Gasteiger partial charge on any atom is -0.493 e. The number of nitrogens with one attached hydrogen (secondary N) is 1. The highest BCUT2D eigenvalue weighted by molar-refractivity contribution is 5.80. The molecule has 2 atom stereocenters. The van der Waals surface area contributed by atoms with E-state index in [2.05, 4.69) is 21.3 Å². The molecule has 2 fully saturated rings. The number of methoxy groups -OCH3 is 1. The van der Waals surface area contributed by atoms with Crippen molar-refractivity contribution in [2.75, 3.05) is 33.9 Å². The summed E-state index contributed by atoms with van der Waals surface area (Å²) in [5, 5.41) is 3.52. The van der Waals surface area contributed by atoms with Gasteiger partial charge in [-0.2, -0.15) is 0 Å². The molecule has 1 aliphatic carbocycles. The lowest BCUT2D eigenvalue weighted by Gasteiger charge is -2.22. The first-order valence-electron chi connectivity index (χ1n) is 9.50. The highest BCUT2D eigenvalue weighted by Gasteiger charge is 2.35. The van der Waals surface area contributed by atoms with E-state index in [1.165, 1.54) is 31.2 Å². The second-order valence-corrected chi connectivity index (χ2v) is 7.03. The molecule has 138 valence electrons. The molecule has 1 aromatic carbocycles. The fourth-order valence-corrected chi connectivity index (χ4v) is 4.19. The number of hydrogen-bond donors (Lipinski definition) is 1. The molecule has 5 nitrogen and oxygen atoms in total. The Morgan fingerprint density at radius 3 is 2.52 bits per heavy atom. The molecule has 0 bridgehead atoms. The maximum Gasteiger partial charge on any atom is 0.193 e. The molecule has 25 heavy (non-hydrogen) atoms. The third kappa shape index (κ3) is 4.20. The van der Waals surface area contributed by atoms with Gasteiger partial charge >= 0.3 is 0 Å². The van der Waals surface area contributed by atoms with E-state index < -0.39 is 0 Å². The van der Waals surface area contributed by atoms with Gasteiger partial charge in [-0.25, -0.2) is 0 Å². The first-order valence-corrected chi connectivity index (χ1v) is 9.50. The summed E-state index contributed by atoms with van der Waals surface area (Å²) in [5.41, 5.74) is 1.17. The minimum absolute atomic E-state index is 0.630. The quantitative estimate of drug-likeness (QED) is 0.657. The van der Waals surface area contributed by atoms with E-state index in [0.29, 0.717) is 6.61 Å². The lowest BCUT2D eigenvalue weighted by atomic mass is 9.82. The zero-order valence-corrected chi connectivity index (χ0v) is 15.8. The van der Waals surface area contributed by atoms with Gasteiger partial charge < -0.3 is 19.7 Å². The van der Waals surface area contributed by atoms with E-state index in [1.807, 2.05) is 26.1 Å². The first kappa shape index (κ1) is 17.9. The minimum atomic E-state index is 0.630. The Balaban J connectivity index is 1.61. The lowest BCUT2D eigenvalue weighted by molar-refractivity contribution is 0.299. The van der Waals surface area contributed by atoms with Crippen LogP contribution in [0.2, 0.25) is 0 Å². The fraction of sp³-hybridized carbons (Fsp3) is 0.650. The molecule has 0 amide bonds. The largest absolute Gasteiger partial charge is 0.493 e. The Hall–Kier alpha value is -1.91. The number of ether oxygens (including phenoxy) is 2. The summed E-state index contributed by atoms with van der Waals surface area (Å²) in [6.07, 6.45) is 5.56. The van der Waals surface area contributed by atoms with Crippen molar-refractivity contribution in [2.45, 2.75) is 39.2 Å². The summed E-state index contributed by atoms with van der Waals surface area (Å²) in [6, 6.07) is 6.09. The van der Waals surface area contributed by atoms with Crippen molar-refractivity contribution in [1.29, 1.82) is 0 Å². The van der Waals surface area contributed by atoms with Crippen LogP contribution in [0.5, 0.6) is 11.5 Å². The van der Waals surface area contributed by atoms with Crippen molar-refractivity contribution < 1.29 is 9.47 Å². The highest BCUT2D eigenvalue weighted by atomic mass is 16.5. The standard InChI is InChI=1S/C20H31N3O2/c1-4-25-19-11-15(9-10-18(19)24-3)12-22-20(21-2)23-13-16-7-5-6-8-17(16)14-23/h9-11,16-17H,4-8,12-14H2,1-3H3,(H,21,22). The van der Waals surface area contributed by atoms with E-state index in [-0.39, 0.29) is 0 Å². The van der Waals surface area contributed by atoms with E-state index in [0.717, 1.165) is 48.9 Å². The maximum absolute atomic E-state index is 5.67. The van der Waals surface area contributed by atoms with Crippen molar-refractivity contribution >= 4 is 5.96 Å². The van der Waals surface area contributed by atoms with E-state index in [4.69, 9.17) is 9.47 Å². The van der Waals surface area contributed by atoms with Gasteiger partial charge in [-0.1, -0.05) is 18.9 Å². The molecule has 0 aromatic heterocycles. The van der Waals surface area contributed by atoms with Crippen molar-refractivity contribution in [3.8, 4) is 11.5 Å². The Morgan fingerprint density at radius 1 is 1.20 bits per heavy atom. The number of hydrogen-bond acceptors (Lipinski definition) is 3. The molecule has 3 rings (SSSR count). The van der Waals surface area contributed by atoms with Crippen LogP contribution in [0.15, 0.2) is 23.2 Å². The van der Waals surface area contributed by atoms with Gasteiger partial charge in [-0.15, -0.1) is 0 Å². The summed E-state index contributed by atoms with van der Waals surface area (Å²) in [4.78, 5) is 6.95. The van der Waals surface area contributed by atoms with Crippen LogP contribution in [0.3, 0.4) is 0 Å².